The Balaban J connectivity index is 1.53. The molecule has 0 radical (unpaired) electrons. The lowest BCUT2D eigenvalue weighted by molar-refractivity contribution is 0.123. The van der Waals surface area contributed by atoms with Crippen molar-refractivity contribution in [1.29, 1.82) is 0 Å². The number of nitrogens with zero attached hydrogens (tertiary/aromatic N) is 4. The van der Waals surface area contributed by atoms with E-state index in [-0.39, 0.29) is 0 Å². The van der Waals surface area contributed by atoms with Crippen molar-refractivity contribution in [3.8, 4) is 0 Å². The molecule has 2 heterocycles. The van der Waals surface area contributed by atoms with Crippen LogP contribution in [0.2, 0.25) is 0 Å². The van der Waals surface area contributed by atoms with Crippen LogP contribution >= 0.6 is 0 Å². The molecular formula is C16H22N4O. The van der Waals surface area contributed by atoms with Gasteiger partial charge in [0, 0.05) is 26.2 Å². The van der Waals surface area contributed by atoms with Gasteiger partial charge in [0.05, 0.1) is 13.0 Å². The first-order chi connectivity index (χ1) is 10.3. The van der Waals surface area contributed by atoms with Crippen LogP contribution in [-0.2, 0) is 13.0 Å². The molecule has 1 aliphatic rings. The maximum absolute atomic E-state index is 5.77. The Hall–Kier alpha value is -1.72. The van der Waals surface area contributed by atoms with Crippen molar-refractivity contribution in [1.82, 2.24) is 20.0 Å². The number of hydrogen-bond donors (Lipinski definition) is 0. The molecule has 0 bridgehead atoms. The molecule has 0 saturated carbocycles. The third kappa shape index (κ3) is 3.89. The second kappa shape index (κ2) is 6.83. The van der Waals surface area contributed by atoms with Gasteiger partial charge in [0.25, 0.3) is 0 Å². The minimum absolute atomic E-state index is 0.698. The van der Waals surface area contributed by atoms with Gasteiger partial charge in [0.1, 0.15) is 0 Å². The average molecular weight is 286 g/mol. The van der Waals surface area contributed by atoms with Gasteiger partial charge in [-0.3, -0.25) is 4.90 Å². The zero-order valence-corrected chi connectivity index (χ0v) is 12.5. The van der Waals surface area contributed by atoms with E-state index < -0.39 is 0 Å². The van der Waals surface area contributed by atoms with E-state index in [0.717, 1.165) is 45.2 Å². The van der Waals surface area contributed by atoms with Gasteiger partial charge in [-0.15, -0.1) is 10.2 Å². The van der Waals surface area contributed by atoms with Crippen molar-refractivity contribution in [2.45, 2.75) is 19.9 Å². The van der Waals surface area contributed by atoms with Crippen molar-refractivity contribution in [2.75, 3.05) is 32.7 Å². The van der Waals surface area contributed by atoms with Crippen LogP contribution in [0.25, 0.3) is 0 Å². The number of piperazine rings is 1. The molecule has 0 aliphatic carbocycles. The van der Waals surface area contributed by atoms with Gasteiger partial charge in [-0.05, 0) is 12.1 Å². The molecule has 5 nitrogen and oxygen atoms in total. The Morgan fingerprint density at radius 1 is 0.952 bits per heavy atom. The molecule has 3 rings (SSSR count). The number of hydrogen-bond acceptors (Lipinski definition) is 5. The number of rotatable bonds is 5. The van der Waals surface area contributed by atoms with Crippen molar-refractivity contribution < 1.29 is 4.42 Å². The van der Waals surface area contributed by atoms with Gasteiger partial charge < -0.3 is 9.32 Å². The predicted octanol–water partition coefficient (Wildman–Crippen LogP) is 1.80. The van der Waals surface area contributed by atoms with Crippen molar-refractivity contribution >= 4 is 0 Å². The first-order valence-electron chi connectivity index (χ1n) is 7.63. The van der Waals surface area contributed by atoms with Gasteiger partial charge in [-0.25, -0.2) is 0 Å². The van der Waals surface area contributed by atoms with E-state index in [9.17, 15) is 0 Å². The lowest BCUT2D eigenvalue weighted by Gasteiger charge is -2.33. The second-order valence-electron chi connectivity index (χ2n) is 5.46. The molecule has 1 aromatic carbocycles. The van der Waals surface area contributed by atoms with Crippen molar-refractivity contribution in [3.05, 3.63) is 47.7 Å². The number of likely N-dealkylation sites (N-methyl/N-ethyl adjacent to an activating group) is 1. The first kappa shape index (κ1) is 14.2. The van der Waals surface area contributed by atoms with Crippen molar-refractivity contribution in [3.63, 3.8) is 0 Å². The molecule has 0 spiro atoms. The van der Waals surface area contributed by atoms with Crippen molar-refractivity contribution in [2.24, 2.45) is 0 Å². The van der Waals surface area contributed by atoms with E-state index in [1.54, 1.807) is 0 Å². The monoisotopic (exact) mass is 286 g/mol. The predicted molar refractivity (Wildman–Crippen MR) is 80.9 cm³/mol. The van der Waals surface area contributed by atoms with Gasteiger partial charge in [-0.2, -0.15) is 0 Å². The second-order valence-corrected chi connectivity index (χ2v) is 5.46. The van der Waals surface area contributed by atoms with Gasteiger partial charge >= 0.3 is 0 Å². The summed E-state index contributed by atoms with van der Waals surface area (Å²) in [5.41, 5.74) is 1.20. The molecule has 0 unspecified atom stereocenters. The maximum Gasteiger partial charge on any atom is 0.230 e. The quantitative estimate of drug-likeness (QED) is 0.838. The summed E-state index contributed by atoms with van der Waals surface area (Å²) < 4.78 is 5.77. The Kier molecular flexibility index (Phi) is 4.62. The fourth-order valence-corrected chi connectivity index (χ4v) is 2.65. The maximum atomic E-state index is 5.77. The summed E-state index contributed by atoms with van der Waals surface area (Å²) in [5, 5.41) is 8.33. The number of aromatic nitrogens is 2. The van der Waals surface area contributed by atoms with Crippen LogP contribution in [-0.4, -0.2) is 52.7 Å². The van der Waals surface area contributed by atoms with Crippen LogP contribution in [0, 0.1) is 0 Å². The summed E-state index contributed by atoms with van der Waals surface area (Å²) >= 11 is 0. The Labute approximate surface area is 125 Å². The van der Waals surface area contributed by atoms with Crippen LogP contribution in [0.5, 0.6) is 0 Å². The molecular weight excluding hydrogens is 264 g/mol. The average Bonchev–Trinajstić information content (AvgIpc) is 2.96. The molecule has 1 saturated heterocycles. The third-order valence-corrected chi connectivity index (χ3v) is 3.98. The third-order valence-electron chi connectivity index (χ3n) is 3.98. The summed E-state index contributed by atoms with van der Waals surface area (Å²) in [6, 6.07) is 10.2. The molecule has 0 amide bonds. The molecule has 5 heteroatoms. The van der Waals surface area contributed by atoms with E-state index in [1.165, 1.54) is 5.56 Å². The standard InChI is InChI=1S/C16H22N4O/c1-2-19-8-10-20(11-9-19)13-16-18-17-15(21-16)12-14-6-4-3-5-7-14/h3-7H,2,8-13H2,1H3. The zero-order chi connectivity index (χ0) is 14.5. The van der Waals surface area contributed by atoms with Crippen LogP contribution in [0.4, 0.5) is 0 Å². The minimum Gasteiger partial charge on any atom is -0.424 e. The van der Waals surface area contributed by atoms with E-state index in [4.69, 9.17) is 4.42 Å². The lowest BCUT2D eigenvalue weighted by Crippen LogP contribution is -2.45. The molecule has 1 aliphatic heterocycles. The van der Waals surface area contributed by atoms with E-state index in [1.807, 2.05) is 18.2 Å². The van der Waals surface area contributed by atoms with Gasteiger partial charge in [0.2, 0.25) is 11.8 Å². The van der Waals surface area contributed by atoms with Crippen LogP contribution in [0.3, 0.4) is 0 Å². The topological polar surface area (TPSA) is 45.4 Å². The van der Waals surface area contributed by atoms with Gasteiger partial charge in [-0.1, -0.05) is 37.3 Å². The largest absolute Gasteiger partial charge is 0.424 e. The Bertz CT molecular complexity index is 546. The first-order valence-corrected chi connectivity index (χ1v) is 7.63. The van der Waals surface area contributed by atoms with Crippen LogP contribution in [0.15, 0.2) is 34.7 Å². The molecule has 0 atom stereocenters. The molecule has 112 valence electrons. The highest BCUT2D eigenvalue weighted by Crippen LogP contribution is 2.11. The summed E-state index contributed by atoms with van der Waals surface area (Å²) in [6.45, 7) is 8.51. The molecule has 2 aromatic rings. The molecule has 0 N–H and O–H groups in total. The van der Waals surface area contributed by atoms with Gasteiger partial charge in [0.15, 0.2) is 0 Å². The fourth-order valence-electron chi connectivity index (χ4n) is 2.65. The van der Waals surface area contributed by atoms with E-state index >= 15 is 0 Å². The molecule has 21 heavy (non-hydrogen) atoms. The summed E-state index contributed by atoms with van der Waals surface area (Å²) in [7, 11) is 0. The summed E-state index contributed by atoms with van der Waals surface area (Å²) in [4.78, 5) is 4.84. The highest BCUT2D eigenvalue weighted by molar-refractivity contribution is 5.17. The minimum atomic E-state index is 0.698. The van der Waals surface area contributed by atoms with E-state index in [2.05, 4.69) is 39.1 Å². The van der Waals surface area contributed by atoms with Crippen LogP contribution < -0.4 is 0 Å². The summed E-state index contributed by atoms with van der Waals surface area (Å²) in [5.74, 6) is 1.43. The normalized spacial score (nSPS) is 17.2. The lowest BCUT2D eigenvalue weighted by atomic mass is 10.2. The highest BCUT2D eigenvalue weighted by Gasteiger charge is 2.18. The fraction of sp³-hybridized carbons (Fsp3) is 0.500. The SMILES string of the molecule is CCN1CCN(Cc2nnc(Cc3ccccc3)o2)CC1. The number of benzene rings is 1. The highest BCUT2D eigenvalue weighted by atomic mass is 16.4. The molecule has 1 fully saturated rings. The smallest absolute Gasteiger partial charge is 0.230 e. The Morgan fingerprint density at radius 2 is 1.62 bits per heavy atom. The molecule has 1 aromatic heterocycles. The Morgan fingerprint density at radius 3 is 2.33 bits per heavy atom. The van der Waals surface area contributed by atoms with Crippen LogP contribution in [0.1, 0.15) is 24.3 Å². The summed E-state index contributed by atoms with van der Waals surface area (Å²) in [6.07, 6.45) is 0.706. The van der Waals surface area contributed by atoms with E-state index in [0.29, 0.717) is 12.3 Å². The zero-order valence-electron chi connectivity index (χ0n) is 12.5.